The van der Waals surface area contributed by atoms with Crippen LogP contribution in [-0.4, -0.2) is 40.6 Å². The maximum absolute atomic E-state index is 13.2. The Bertz CT molecular complexity index is 1360. The van der Waals surface area contributed by atoms with Crippen LogP contribution in [0.4, 0.5) is 5.69 Å². The van der Waals surface area contributed by atoms with Crippen molar-refractivity contribution in [3.8, 4) is 5.75 Å². The van der Waals surface area contributed by atoms with Gasteiger partial charge in [-0.2, -0.15) is 0 Å². The van der Waals surface area contributed by atoms with Crippen LogP contribution in [0.5, 0.6) is 5.75 Å². The summed E-state index contributed by atoms with van der Waals surface area (Å²) in [4.78, 5) is 20.5. The molecule has 1 aliphatic rings. The van der Waals surface area contributed by atoms with Crippen LogP contribution in [-0.2, 0) is 17.9 Å². The molecule has 0 radical (unpaired) electrons. The van der Waals surface area contributed by atoms with Crippen LogP contribution in [0, 0.1) is 19.8 Å². The number of benzene rings is 3. The van der Waals surface area contributed by atoms with E-state index in [0.29, 0.717) is 0 Å². The number of carbonyl (C=O) groups is 1. The lowest BCUT2D eigenvalue weighted by molar-refractivity contribution is -0.121. The molecule has 0 bridgehead atoms. The number of aryl methyl sites for hydroxylation is 1. The molecule has 4 aromatic rings. The van der Waals surface area contributed by atoms with Gasteiger partial charge in [0, 0.05) is 18.8 Å². The Balaban J connectivity index is 1.33. The minimum Gasteiger partial charge on any atom is -0.497 e. The Labute approximate surface area is 212 Å². The van der Waals surface area contributed by atoms with E-state index in [0.717, 1.165) is 72.9 Å². The summed E-state index contributed by atoms with van der Waals surface area (Å²) in [5.74, 6) is 1.97. The fourth-order valence-corrected chi connectivity index (χ4v) is 5.07. The molecule has 1 aromatic heterocycles. The first-order chi connectivity index (χ1) is 17.5. The van der Waals surface area contributed by atoms with Crippen molar-refractivity contribution in [2.45, 2.75) is 39.8 Å². The maximum atomic E-state index is 13.2. The van der Waals surface area contributed by atoms with Crippen molar-refractivity contribution >= 4 is 22.6 Å². The van der Waals surface area contributed by atoms with E-state index in [1.807, 2.05) is 30.3 Å². The fraction of sp³-hybridized carbons (Fsp3) is 0.333. The molecular formula is C30H34N4O2. The zero-order chi connectivity index (χ0) is 25.1. The molecule has 1 amide bonds. The molecule has 0 unspecified atom stereocenters. The number of imidazole rings is 1. The number of amides is 1. The number of para-hydroxylation sites is 2. The third-order valence-corrected chi connectivity index (χ3v) is 7.34. The van der Waals surface area contributed by atoms with Gasteiger partial charge in [0.25, 0.3) is 0 Å². The minimum atomic E-state index is -0.0296. The van der Waals surface area contributed by atoms with Crippen LogP contribution < -0.4 is 10.1 Å². The topological polar surface area (TPSA) is 59.4 Å². The summed E-state index contributed by atoms with van der Waals surface area (Å²) >= 11 is 0. The lowest BCUT2D eigenvalue weighted by Gasteiger charge is -2.32. The highest BCUT2D eigenvalue weighted by Crippen LogP contribution is 2.25. The number of nitrogens with zero attached hydrogens (tertiary/aromatic N) is 3. The smallest absolute Gasteiger partial charge is 0.228 e. The second-order valence-electron chi connectivity index (χ2n) is 9.76. The van der Waals surface area contributed by atoms with Gasteiger partial charge in [-0.05, 0) is 80.3 Å². The third kappa shape index (κ3) is 5.14. The number of fused-ring (bicyclic) bond motifs is 1. The second-order valence-corrected chi connectivity index (χ2v) is 9.76. The van der Waals surface area contributed by atoms with E-state index in [1.54, 1.807) is 7.11 Å². The zero-order valence-corrected chi connectivity index (χ0v) is 21.3. The summed E-state index contributed by atoms with van der Waals surface area (Å²) in [6.07, 6.45) is 1.92. The number of hydrogen-bond donors (Lipinski definition) is 1. The normalized spacial score (nSPS) is 16.2. The summed E-state index contributed by atoms with van der Waals surface area (Å²) < 4.78 is 7.62. The van der Waals surface area contributed by atoms with E-state index in [2.05, 4.69) is 65.0 Å². The monoisotopic (exact) mass is 482 g/mol. The lowest BCUT2D eigenvalue weighted by atomic mass is 9.96. The fourth-order valence-electron chi connectivity index (χ4n) is 5.07. The number of aromatic nitrogens is 2. The minimum absolute atomic E-state index is 0.0296. The lowest BCUT2D eigenvalue weighted by Crippen LogP contribution is -2.40. The van der Waals surface area contributed by atoms with E-state index >= 15 is 0 Å². The first kappa shape index (κ1) is 24.1. The number of ether oxygens (including phenoxy) is 1. The van der Waals surface area contributed by atoms with Gasteiger partial charge in [-0.25, -0.2) is 4.98 Å². The number of nitrogens with one attached hydrogen (secondary N) is 1. The molecule has 2 heterocycles. The first-order valence-corrected chi connectivity index (χ1v) is 12.7. The summed E-state index contributed by atoms with van der Waals surface area (Å²) in [7, 11) is 1.69. The van der Waals surface area contributed by atoms with Crippen LogP contribution in [0.1, 0.15) is 35.4 Å². The quantitative estimate of drug-likeness (QED) is 0.375. The molecule has 186 valence electrons. The molecule has 36 heavy (non-hydrogen) atoms. The van der Waals surface area contributed by atoms with E-state index in [1.165, 1.54) is 11.1 Å². The zero-order valence-electron chi connectivity index (χ0n) is 21.3. The summed E-state index contributed by atoms with van der Waals surface area (Å²) in [6, 6.07) is 22.6. The Morgan fingerprint density at radius 2 is 1.83 bits per heavy atom. The predicted octanol–water partition coefficient (Wildman–Crippen LogP) is 5.56. The van der Waals surface area contributed by atoms with Gasteiger partial charge in [0.15, 0.2) is 0 Å². The second kappa shape index (κ2) is 10.5. The van der Waals surface area contributed by atoms with Crippen molar-refractivity contribution in [1.29, 1.82) is 0 Å². The third-order valence-electron chi connectivity index (χ3n) is 7.34. The highest BCUT2D eigenvalue weighted by atomic mass is 16.5. The predicted molar refractivity (Wildman–Crippen MR) is 144 cm³/mol. The number of carbonyl (C=O) groups excluding carboxylic acids is 1. The Hall–Kier alpha value is -3.64. The average Bonchev–Trinajstić information content (AvgIpc) is 3.24. The molecule has 0 aliphatic carbocycles. The van der Waals surface area contributed by atoms with Gasteiger partial charge in [-0.15, -0.1) is 0 Å². The highest BCUT2D eigenvalue weighted by molar-refractivity contribution is 5.93. The molecular weight excluding hydrogens is 448 g/mol. The first-order valence-electron chi connectivity index (χ1n) is 12.7. The number of piperidine rings is 1. The molecule has 3 aromatic carbocycles. The highest BCUT2D eigenvalue weighted by Gasteiger charge is 2.27. The number of anilines is 1. The molecule has 1 atom stereocenters. The van der Waals surface area contributed by atoms with Crippen molar-refractivity contribution in [2.24, 2.45) is 5.92 Å². The van der Waals surface area contributed by atoms with E-state index in [9.17, 15) is 4.79 Å². The van der Waals surface area contributed by atoms with Gasteiger partial charge >= 0.3 is 0 Å². The van der Waals surface area contributed by atoms with Crippen molar-refractivity contribution in [2.75, 3.05) is 25.5 Å². The van der Waals surface area contributed by atoms with Gasteiger partial charge < -0.3 is 14.6 Å². The van der Waals surface area contributed by atoms with Crippen molar-refractivity contribution in [3.63, 3.8) is 0 Å². The molecule has 1 fully saturated rings. The number of likely N-dealkylation sites (tertiary alicyclic amines) is 1. The van der Waals surface area contributed by atoms with Gasteiger partial charge in [-0.3, -0.25) is 9.69 Å². The Kier molecular flexibility index (Phi) is 7.05. The average molecular weight is 483 g/mol. The Morgan fingerprint density at radius 3 is 2.64 bits per heavy atom. The molecule has 0 spiro atoms. The van der Waals surface area contributed by atoms with E-state index in [-0.39, 0.29) is 11.8 Å². The van der Waals surface area contributed by atoms with Gasteiger partial charge in [0.2, 0.25) is 5.91 Å². The standard InChI is InChI=1S/C30H34N4O2/c1-21-8-6-11-26(22(21)2)32-30(35)24-9-7-17-33(19-24)20-29-31-27-10-4-5-12-28(27)34(29)18-23-13-15-25(36-3)16-14-23/h4-6,8,10-16,24H,7,9,17-20H2,1-3H3,(H,32,35)/t24-/m1/s1. The van der Waals surface area contributed by atoms with Crippen LogP contribution in [0.15, 0.2) is 66.7 Å². The van der Waals surface area contributed by atoms with Crippen LogP contribution >= 0.6 is 0 Å². The number of rotatable bonds is 7. The largest absolute Gasteiger partial charge is 0.497 e. The van der Waals surface area contributed by atoms with Crippen molar-refractivity contribution < 1.29 is 9.53 Å². The summed E-state index contributed by atoms with van der Waals surface area (Å²) in [5, 5.41) is 3.18. The summed E-state index contributed by atoms with van der Waals surface area (Å²) in [5.41, 5.74) is 6.56. The Morgan fingerprint density at radius 1 is 1.03 bits per heavy atom. The summed E-state index contributed by atoms with van der Waals surface area (Å²) in [6.45, 7) is 7.31. The van der Waals surface area contributed by atoms with Gasteiger partial charge in [-0.1, -0.05) is 36.4 Å². The van der Waals surface area contributed by atoms with Crippen LogP contribution in [0.2, 0.25) is 0 Å². The molecule has 5 rings (SSSR count). The SMILES string of the molecule is COc1ccc(Cn2c(CN3CCC[C@@H](C(=O)Nc4cccc(C)c4C)C3)nc3ccccc32)cc1. The van der Waals surface area contributed by atoms with Crippen molar-refractivity contribution in [1.82, 2.24) is 14.5 Å². The van der Waals surface area contributed by atoms with Crippen LogP contribution in [0.25, 0.3) is 11.0 Å². The van der Waals surface area contributed by atoms with Gasteiger partial charge in [0.1, 0.15) is 11.6 Å². The van der Waals surface area contributed by atoms with Crippen LogP contribution in [0.3, 0.4) is 0 Å². The van der Waals surface area contributed by atoms with Crippen molar-refractivity contribution in [3.05, 3.63) is 89.2 Å². The van der Waals surface area contributed by atoms with Gasteiger partial charge in [0.05, 0.1) is 30.6 Å². The molecule has 6 nitrogen and oxygen atoms in total. The molecule has 0 saturated carbocycles. The van der Waals surface area contributed by atoms with E-state index in [4.69, 9.17) is 9.72 Å². The molecule has 1 aliphatic heterocycles. The molecule has 1 saturated heterocycles. The number of methoxy groups -OCH3 is 1. The molecule has 6 heteroatoms. The number of hydrogen-bond acceptors (Lipinski definition) is 4. The maximum Gasteiger partial charge on any atom is 0.228 e. The van der Waals surface area contributed by atoms with E-state index < -0.39 is 0 Å². The molecule has 1 N–H and O–H groups in total.